The van der Waals surface area contributed by atoms with Crippen LogP contribution in [0.1, 0.15) is 20.3 Å². The topological polar surface area (TPSA) is 23.8 Å². The Morgan fingerprint density at radius 1 is 1.62 bits per heavy atom. The van der Waals surface area contributed by atoms with Gasteiger partial charge in [-0.25, -0.2) is 0 Å². The zero-order valence-corrected chi connectivity index (χ0v) is 6.42. The van der Waals surface area contributed by atoms with E-state index in [1.165, 1.54) is 12.2 Å². The van der Waals surface area contributed by atoms with Crippen LogP contribution in [0.2, 0.25) is 0 Å². The van der Waals surface area contributed by atoms with E-state index in [1.807, 2.05) is 18.7 Å². The highest BCUT2D eigenvalue weighted by atomic mass is 32.2. The van der Waals surface area contributed by atoms with Crippen molar-refractivity contribution in [1.29, 1.82) is 0 Å². The van der Waals surface area contributed by atoms with Crippen LogP contribution >= 0.6 is 11.8 Å². The highest BCUT2D eigenvalue weighted by molar-refractivity contribution is 7.99. The Bertz CT molecular complexity index is 45.8. The molecule has 0 aromatic carbocycles. The fourth-order valence-corrected chi connectivity index (χ4v) is 1.21. The maximum Gasteiger partial charge on any atom is -0.00707 e. The van der Waals surface area contributed by atoms with Crippen molar-refractivity contribution in [2.45, 2.75) is 26.3 Å². The Labute approximate surface area is 56.0 Å². The molecule has 50 valence electrons. The second-order valence-electron chi connectivity index (χ2n) is 1.98. The summed E-state index contributed by atoms with van der Waals surface area (Å²) in [5, 5.41) is 0. The molecule has 0 aliphatic heterocycles. The summed E-state index contributed by atoms with van der Waals surface area (Å²) in [6, 6.07) is 0.117. The predicted octanol–water partition coefficient (Wildman–Crippen LogP) is 2.57. The third-order valence-corrected chi connectivity index (χ3v) is 2.15. The van der Waals surface area contributed by atoms with E-state index in [-0.39, 0.29) is 6.04 Å². The second kappa shape index (κ2) is 5.45. The van der Waals surface area contributed by atoms with Gasteiger partial charge in [-0.1, -0.05) is 13.8 Å². The highest BCUT2D eigenvalue weighted by Crippen LogP contribution is 2.04. The Kier molecular flexibility index (Phi) is 5.66. The summed E-state index contributed by atoms with van der Waals surface area (Å²) in [5.41, 5.74) is 7.14. The molecule has 0 spiro atoms. The Morgan fingerprint density at radius 2 is 2.25 bits per heavy atom. The highest BCUT2D eigenvalue weighted by Gasteiger charge is 1.84. The van der Waals surface area contributed by atoms with Crippen LogP contribution in [0.5, 0.6) is 0 Å². The summed E-state index contributed by atoms with van der Waals surface area (Å²) >= 11 is 1.87. The molecule has 1 unspecified atom stereocenters. The van der Waals surface area contributed by atoms with E-state index in [9.17, 15) is 0 Å². The van der Waals surface area contributed by atoms with Crippen molar-refractivity contribution in [1.82, 2.24) is 0 Å². The van der Waals surface area contributed by atoms with Gasteiger partial charge in [-0.15, -0.1) is 6.04 Å². The van der Waals surface area contributed by atoms with Gasteiger partial charge >= 0.3 is 0 Å². The third-order valence-electron chi connectivity index (χ3n) is 0.716. The zero-order valence-electron chi connectivity index (χ0n) is 5.61. The van der Waals surface area contributed by atoms with E-state index < -0.39 is 0 Å². The summed E-state index contributed by atoms with van der Waals surface area (Å²) < 4.78 is 0. The SMILES string of the molecule is CCCSCC(C)[NH-]. The van der Waals surface area contributed by atoms with Crippen molar-refractivity contribution in [3.05, 3.63) is 5.73 Å². The minimum absolute atomic E-state index is 0.117. The largest absolute Gasteiger partial charge is 0.674 e. The van der Waals surface area contributed by atoms with E-state index in [2.05, 4.69) is 6.92 Å². The van der Waals surface area contributed by atoms with E-state index >= 15 is 0 Å². The first-order valence-electron chi connectivity index (χ1n) is 3.06. The molecule has 0 bridgehead atoms. The number of nitrogens with one attached hydrogen (secondary N) is 1. The van der Waals surface area contributed by atoms with E-state index in [0.717, 1.165) is 5.75 Å². The minimum Gasteiger partial charge on any atom is -0.674 e. The average molecular weight is 132 g/mol. The van der Waals surface area contributed by atoms with Gasteiger partial charge in [-0.3, -0.25) is 0 Å². The van der Waals surface area contributed by atoms with Gasteiger partial charge in [0.1, 0.15) is 0 Å². The Hall–Kier alpha value is 0.310. The number of hydrogen-bond acceptors (Lipinski definition) is 1. The van der Waals surface area contributed by atoms with Crippen molar-refractivity contribution in [3.63, 3.8) is 0 Å². The molecule has 0 aliphatic rings. The Balaban J connectivity index is 2.72. The van der Waals surface area contributed by atoms with Gasteiger partial charge < -0.3 is 5.73 Å². The third kappa shape index (κ3) is 6.31. The molecule has 0 heterocycles. The minimum atomic E-state index is 0.117. The number of rotatable bonds is 4. The summed E-state index contributed by atoms with van der Waals surface area (Å²) in [7, 11) is 0. The molecular formula is C6H14NS-. The fourth-order valence-electron chi connectivity index (χ4n) is 0.404. The zero-order chi connectivity index (χ0) is 6.41. The molecule has 0 radical (unpaired) electrons. The van der Waals surface area contributed by atoms with Crippen molar-refractivity contribution < 1.29 is 0 Å². The maximum atomic E-state index is 7.14. The molecule has 0 saturated heterocycles. The van der Waals surface area contributed by atoms with Crippen molar-refractivity contribution >= 4 is 11.8 Å². The van der Waals surface area contributed by atoms with E-state index in [1.54, 1.807) is 0 Å². The molecule has 0 aliphatic carbocycles. The molecule has 1 atom stereocenters. The van der Waals surface area contributed by atoms with Gasteiger partial charge in [0.2, 0.25) is 0 Å². The lowest BCUT2D eigenvalue weighted by molar-refractivity contribution is 0.999. The van der Waals surface area contributed by atoms with Crippen molar-refractivity contribution in [2.75, 3.05) is 11.5 Å². The first-order chi connectivity index (χ1) is 3.77. The van der Waals surface area contributed by atoms with Gasteiger partial charge in [0.25, 0.3) is 0 Å². The van der Waals surface area contributed by atoms with Crippen LogP contribution in [0.4, 0.5) is 0 Å². The lowest BCUT2D eigenvalue weighted by atomic mass is 10.4. The smallest absolute Gasteiger partial charge is 0.00707 e. The Morgan fingerprint density at radius 3 is 2.62 bits per heavy atom. The van der Waals surface area contributed by atoms with Gasteiger partial charge in [0.05, 0.1) is 0 Å². The van der Waals surface area contributed by atoms with Crippen LogP contribution in [-0.2, 0) is 0 Å². The first kappa shape index (κ1) is 8.31. The van der Waals surface area contributed by atoms with Crippen LogP contribution < -0.4 is 0 Å². The maximum absolute atomic E-state index is 7.14. The molecule has 0 amide bonds. The molecule has 0 aromatic rings. The summed E-state index contributed by atoms with van der Waals surface area (Å²) in [5.74, 6) is 2.21. The first-order valence-corrected chi connectivity index (χ1v) is 4.21. The van der Waals surface area contributed by atoms with Crippen LogP contribution in [-0.4, -0.2) is 17.5 Å². The van der Waals surface area contributed by atoms with Gasteiger partial charge in [0.15, 0.2) is 0 Å². The lowest BCUT2D eigenvalue weighted by Crippen LogP contribution is -1.96. The molecule has 0 rings (SSSR count). The second-order valence-corrected chi connectivity index (χ2v) is 3.13. The normalized spacial score (nSPS) is 13.9. The monoisotopic (exact) mass is 132 g/mol. The van der Waals surface area contributed by atoms with Gasteiger partial charge in [0, 0.05) is 0 Å². The molecule has 1 N–H and O–H groups in total. The molecule has 2 heteroatoms. The van der Waals surface area contributed by atoms with Gasteiger partial charge in [-0.05, 0) is 17.9 Å². The van der Waals surface area contributed by atoms with E-state index in [4.69, 9.17) is 5.73 Å². The van der Waals surface area contributed by atoms with Crippen molar-refractivity contribution in [3.8, 4) is 0 Å². The molecular weight excluding hydrogens is 118 g/mol. The van der Waals surface area contributed by atoms with Crippen LogP contribution in [0.3, 0.4) is 0 Å². The molecule has 0 aromatic heterocycles. The average Bonchev–Trinajstić information content (AvgIpc) is 1.66. The number of hydrogen-bond donors (Lipinski definition) is 0. The molecule has 0 saturated carbocycles. The molecule has 1 nitrogen and oxygen atoms in total. The van der Waals surface area contributed by atoms with Gasteiger partial charge in [-0.2, -0.15) is 11.8 Å². The standard InChI is InChI=1S/C6H14NS/c1-3-4-8-5-6(2)7/h6-7H,3-5H2,1-2H3/q-1. The van der Waals surface area contributed by atoms with Crippen molar-refractivity contribution in [2.24, 2.45) is 0 Å². The summed E-state index contributed by atoms with van der Waals surface area (Å²) in [6.07, 6.45) is 1.23. The van der Waals surface area contributed by atoms with Crippen LogP contribution in [0, 0.1) is 0 Å². The van der Waals surface area contributed by atoms with Crippen LogP contribution in [0.15, 0.2) is 0 Å². The fraction of sp³-hybridized carbons (Fsp3) is 1.00. The molecule has 0 fully saturated rings. The quantitative estimate of drug-likeness (QED) is 0.539. The number of thioether (sulfide) groups is 1. The van der Waals surface area contributed by atoms with E-state index in [0.29, 0.717) is 0 Å². The molecule has 8 heavy (non-hydrogen) atoms. The summed E-state index contributed by atoms with van der Waals surface area (Å²) in [6.45, 7) is 4.10. The van der Waals surface area contributed by atoms with Crippen LogP contribution in [0.25, 0.3) is 5.73 Å². The summed E-state index contributed by atoms with van der Waals surface area (Å²) in [4.78, 5) is 0. The predicted molar refractivity (Wildman–Crippen MR) is 41.4 cm³/mol. The lowest BCUT2D eigenvalue weighted by Gasteiger charge is -2.10.